The van der Waals surface area contributed by atoms with Crippen molar-refractivity contribution >= 4 is 35.8 Å². The van der Waals surface area contributed by atoms with Crippen molar-refractivity contribution in [2.24, 2.45) is 32.9 Å². The van der Waals surface area contributed by atoms with E-state index in [1.807, 2.05) is 0 Å². The van der Waals surface area contributed by atoms with E-state index in [1.54, 1.807) is 0 Å². The Labute approximate surface area is 86.8 Å². The monoisotopic (exact) mass is 230 g/mol. The second-order valence-corrected chi connectivity index (χ2v) is 1.83. The Bertz CT molecular complexity index is 177. The van der Waals surface area contributed by atoms with E-state index in [0.29, 0.717) is 0 Å². The van der Waals surface area contributed by atoms with Crippen molar-refractivity contribution in [2.75, 3.05) is 5.88 Å². The van der Waals surface area contributed by atoms with Crippen molar-refractivity contribution in [1.82, 2.24) is 0 Å². The third-order valence-electron chi connectivity index (χ3n) is 0.400. The summed E-state index contributed by atoms with van der Waals surface area (Å²) < 4.78 is 0. The van der Waals surface area contributed by atoms with Gasteiger partial charge in [0.25, 0.3) is 0 Å². The second kappa shape index (κ2) is 13.5. The van der Waals surface area contributed by atoms with Crippen molar-refractivity contribution in [3.8, 4) is 0 Å². The Balaban J connectivity index is -0.000000150. The van der Waals surface area contributed by atoms with Gasteiger partial charge in [0.1, 0.15) is 5.78 Å². The summed E-state index contributed by atoms with van der Waals surface area (Å²) in [6.07, 6.45) is 0. The summed E-state index contributed by atoms with van der Waals surface area (Å²) in [4.78, 5) is 9.68. The molecule has 0 aromatic carbocycles. The van der Waals surface area contributed by atoms with Gasteiger partial charge in [-0.15, -0.1) is 24.0 Å². The van der Waals surface area contributed by atoms with Crippen LogP contribution in [0.25, 0.3) is 0 Å². The smallest absolute Gasteiger partial charge is 0.213 e. The van der Waals surface area contributed by atoms with Gasteiger partial charge < -0.3 is 17.3 Å². The topological polar surface area (TPSA) is 132 Å². The van der Waals surface area contributed by atoms with Gasteiger partial charge in [0.2, 0.25) is 5.96 Å². The average Bonchev–Trinajstić information content (AvgIpc) is 2.02. The van der Waals surface area contributed by atoms with Crippen molar-refractivity contribution in [3.63, 3.8) is 0 Å². The number of hydrogen-bond donors (Lipinski definition) is 3. The first-order chi connectivity index (χ1) is 5.54. The van der Waals surface area contributed by atoms with Crippen LogP contribution in [0.4, 0.5) is 0 Å². The molecule has 0 aromatic rings. The summed E-state index contributed by atoms with van der Waals surface area (Å²) in [6, 6.07) is 0. The minimum atomic E-state index is -0.158. The first kappa shape index (κ1) is 17.9. The van der Waals surface area contributed by atoms with E-state index >= 15 is 0 Å². The summed E-state index contributed by atoms with van der Waals surface area (Å²) in [7, 11) is 0. The highest BCUT2D eigenvalue weighted by Gasteiger charge is 1.79. The lowest BCUT2D eigenvalue weighted by molar-refractivity contribution is -0.114. The van der Waals surface area contributed by atoms with Crippen LogP contribution in [0.1, 0.15) is 6.92 Å². The van der Waals surface area contributed by atoms with E-state index in [1.165, 1.54) is 6.92 Å². The molecule has 0 unspecified atom stereocenters. The number of alkyl halides is 1. The molecule has 0 atom stereocenters. The van der Waals surface area contributed by atoms with Gasteiger partial charge in [-0.1, -0.05) is 10.3 Å². The number of carbonyl (C=O) groups excluding carboxylic acids is 1. The Morgan fingerprint density at radius 1 is 1.46 bits per heavy atom. The average molecular weight is 231 g/mol. The summed E-state index contributed by atoms with van der Waals surface area (Å²) in [5.41, 5.74) is 9.59. The van der Waals surface area contributed by atoms with Crippen molar-refractivity contribution in [2.45, 2.75) is 6.92 Å². The molecule has 0 bridgehead atoms. The standard InChI is InChI=1S/C3H5ClO.CH6N6.ClH/c1-3(5)2-4;2-1(3)5-7-6-4;/h2H2,1H3;(H2,4,7)(H4,2,3,5,6);1H. The van der Waals surface area contributed by atoms with Gasteiger partial charge in [-0.2, -0.15) is 0 Å². The molecule has 0 rings (SSSR count). The molecule has 0 saturated carbocycles. The van der Waals surface area contributed by atoms with Gasteiger partial charge in [-0.3, -0.25) is 4.79 Å². The van der Waals surface area contributed by atoms with Crippen LogP contribution in [0.15, 0.2) is 15.5 Å². The molecule has 0 fully saturated rings. The molecule has 0 aromatic heterocycles. The molecule has 0 heterocycles. The van der Waals surface area contributed by atoms with E-state index in [0.717, 1.165) is 0 Å². The number of rotatable bonds is 2. The van der Waals surface area contributed by atoms with Crippen LogP contribution >= 0.6 is 24.0 Å². The van der Waals surface area contributed by atoms with Crippen LogP contribution in [0, 0.1) is 0 Å². The Hall–Kier alpha value is -1.08. The van der Waals surface area contributed by atoms with Crippen LogP contribution in [0.2, 0.25) is 0 Å². The van der Waals surface area contributed by atoms with Crippen molar-refractivity contribution in [1.29, 1.82) is 0 Å². The zero-order valence-corrected chi connectivity index (χ0v) is 8.55. The molecule has 0 aliphatic heterocycles. The van der Waals surface area contributed by atoms with Crippen LogP contribution in [0.3, 0.4) is 0 Å². The van der Waals surface area contributed by atoms with Crippen LogP contribution in [-0.4, -0.2) is 17.6 Å². The first-order valence-electron chi connectivity index (χ1n) is 2.78. The lowest BCUT2D eigenvalue weighted by Gasteiger charge is -1.77. The lowest BCUT2D eigenvalue weighted by atomic mass is 10.5. The largest absolute Gasteiger partial charge is 0.368 e. The number of halogens is 2. The van der Waals surface area contributed by atoms with Gasteiger partial charge in [0, 0.05) is 0 Å². The van der Waals surface area contributed by atoms with E-state index in [4.69, 9.17) is 23.1 Å². The Kier molecular flexibility index (Phi) is 18.6. The molecule has 13 heavy (non-hydrogen) atoms. The number of Topliss-reactive ketones (excluding diaryl/α,β-unsaturated/α-hetero) is 1. The minimum Gasteiger partial charge on any atom is -0.368 e. The molecule has 78 valence electrons. The number of nitrogens with two attached hydrogens (primary N) is 3. The maximum absolute atomic E-state index is 9.68. The van der Waals surface area contributed by atoms with E-state index in [9.17, 15) is 4.79 Å². The normalized spacial score (nSPS) is 7.85. The van der Waals surface area contributed by atoms with Gasteiger partial charge in [0.15, 0.2) is 0 Å². The first-order valence-corrected chi connectivity index (χ1v) is 3.32. The van der Waals surface area contributed by atoms with Gasteiger partial charge in [-0.25, -0.2) is 0 Å². The van der Waals surface area contributed by atoms with E-state index in [2.05, 4.69) is 21.4 Å². The van der Waals surface area contributed by atoms with Gasteiger partial charge >= 0.3 is 0 Å². The second-order valence-electron chi connectivity index (χ2n) is 1.57. The minimum absolute atomic E-state index is 0. The number of nitrogens with zero attached hydrogens (tertiary/aromatic N) is 3. The SMILES string of the molecule is CC(=O)CCl.Cl.NN=NN=C(N)N. The maximum atomic E-state index is 9.68. The molecule has 9 heteroatoms. The highest BCUT2D eigenvalue weighted by Crippen LogP contribution is 1.71. The van der Waals surface area contributed by atoms with Crippen LogP contribution in [-0.2, 0) is 4.79 Å². The third-order valence-corrected chi connectivity index (χ3v) is 0.776. The number of hydrogen-bond acceptors (Lipinski definition) is 3. The summed E-state index contributed by atoms with van der Waals surface area (Å²) >= 11 is 4.99. The predicted molar refractivity (Wildman–Crippen MR) is 53.5 cm³/mol. The quantitative estimate of drug-likeness (QED) is 0.151. The Morgan fingerprint density at radius 3 is 1.92 bits per heavy atom. The molecular formula is C4H12Cl2N6O. The van der Waals surface area contributed by atoms with Crippen molar-refractivity contribution < 1.29 is 4.79 Å². The Morgan fingerprint density at radius 2 is 1.85 bits per heavy atom. The third kappa shape index (κ3) is 35.9. The number of carbonyl (C=O) groups is 1. The fourth-order valence-electron chi connectivity index (χ4n) is 0.0775. The lowest BCUT2D eigenvalue weighted by Crippen LogP contribution is -2.21. The predicted octanol–water partition coefficient (Wildman–Crippen LogP) is -0.263. The molecule has 0 saturated heterocycles. The number of guanidine groups is 1. The highest BCUT2D eigenvalue weighted by atomic mass is 35.5. The molecule has 0 spiro atoms. The van der Waals surface area contributed by atoms with Crippen LogP contribution < -0.4 is 17.3 Å². The molecule has 7 nitrogen and oxygen atoms in total. The summed E-state index contributed by atoms with van der Waals surface area (Å²) in [5, 5.41) is 8.71. The zero-order chi connectivity index (χ0) is 9.98. The molecular weight excluding hydrogens is 219 g/mol. The number of ketones is 1. The molecule has 0 radical (unpaired) electrons. The van der Waals surface area contributed by atoms with Gasteiger partial charge in [0.05, 0.1) is 5.88 Å². The summed E-state index contributed by atoms with van der Waals surface area (Å²) in [5.74, 6) is 4.52. The fourth-order valence-corrected chi connectivity index (χ4v) is 0.0775. The van der Waals surface area contributed by atoms with Crippen molar-refractivity contribution in [3.05, 3.63) is 0 Å². The van der Waals surface area contributed by atoms with Gasteiger partial charge in [-0.05, 0) is 12.1 Å². The van der Waals surface area contributed by atoms with E-state index < -0.39 is 0 Å². The molecule has 6 N–H and O–H groups in total. The molecule has 0 aliphatic rings. The van der Waals surface area contributed by atoms with E-state index in [-0.39, 0.29) is 30.0 Å². The summed E-state index contributed by atoms with van der Waals surface area (Å²) in [6.45, 7) is 1.45. The van der Waals surface area contributed by atoms with Crippen LogP contribution in [0.5, 0.6) is 0 Å². The molecule has 0 aliphatic carbocycles. The molecule has 0 amide bonds. The highest BCUT2D eigenvalue weighted by molar-refractivity contribution is 6.27. The fraction of sp³-hybridized carbons (Fsp3) is 0.500. The maximum Gasteiger partial charge on any atom is 0.213 e. The zero-order valence-electron chi connectivity index (χ0n) is 6.98.